The molecule has 2 aromatic rings. The van der Waals surface area contributed by atoms with E-state index in [0.717, 1.165) is 16.5 Å². The van der Waals surface area contributed by atoms with Gasteiger partial charge >= 0.3 is 6.03 Å². The monoisotopic (exact) mass is 482 g/mol. The number of nitrogens with one attached hydrogen (secondary N) is 2. The summed E-state index contributed by atoms with van der Waals surface area (Å²) in [6.07, 6.45) is 0.933. The highest BCUT2D eigenvalue weighted by atomic mass is 35.5. The van der Waals surface area contributed by atoms with E-state index >= 15 is 0 Å². The summed E-state index contributed by atoms with van der Waals surface area (Å²) in [5.74, 6) is -5.10. The van der Waals surface area contributed by atoms with E-state index < -0.39 is 41.2 Å². The molecule has 4 rings (SSSR count). The van der Waals surface area contributed by atoms with Crippen molar-refractivity contribution in [3.63, 3.8) is 0 Å². The molecule has 2 aliphatic heterocycles. The van der Waals surface area contributed by atoms with E-state index in [1.807, 2.05) is 5.32 Å². The van der Waals surface area contributed by atoms with E-state index in [-0.39, 0.29) is 10.8 Å². The number of benzene rings is 2. The Morgan fingerprint density at radius 2 is 1.64 bits per heavy atom. The minimum atomic E-state index is -1.53. The van der Waals surface area contributed by atoms with Gasteiger partial charge in [-0.1, -0.05) is 35.9 Å². The van der Waals surface area contributed by atoms with Crippen LogP contribution in [0.1, 0.15) is 5.56 Å². The summed E-state index contributed by atoms with van der Waals surface area (Å²) < 4.78 is 0. The van der Waals surface area contributed by atoms with Crippen LogP contribution in [0.2, 0.25) is 5.02 Å². The maximum Gasteiger partial charge on any atom is 0.335 e. The molecule has 0 radical (unpaired) electrons. The Balaban J connectivity index is 1.72. The third-order valence-corrected chi connectivity index (χ3v) is 5.76. The largest absolute Gasteiger partial charge is 0.335 e. The Hall–Kier alpha value is -3.89. The Morgan fingerprint density at radius 3 is 2.30 bits per heavy atom. The van der Waals surface area contributed by atoms with Crippen LogP contribution in [-0.2, 0) is 19.2 Å². The van der Waals surface area contributed by atoms with Gasteiger partial charge in [0.25, 0.3) is 11.8 Å². The van der Waals surface area contributed by atoms with Crippen LogP contribution in [-0.4, -0.2) is 34.8 Å². The first-order chi connectivity index (χ1) is 15.7. The number of hydrogen-bond donors (Lipinski definition) is 2. The molecule has 0 aliphatic carbocycles. The Bertz CT molecular complexity index is 1280. The molecule has 2 fully saturated rings. The molecule has 0 unspecified atom stereocenters. The number of nitrogens with zero attached hydrogens (tertiary/aromatic N) is 2. The van der Waals surface area contributed by atoms with Crippen LogP contribution in [0.5, 0.6) is 0 Å². The molecule has 33 heavy (non-hydrogen) atoms. The molecule has 6 amide bonds. The second-order valence-corrected chi connectivity index (χ2v) is 7.99. The van der Waals surface area contributed by atoms with E-state index in [1.165, 1.54) is 12.1 Å². The van der Waals surface area contributed by atoms with Crippen molar-refractivity contribution in [2.24, 2.45) is 5.92 Å². The number of hydrogen-bond acceptors (Lipinski definition) is 6. The number of carbonyl (C=O) groups excluding carboxylic acids is 5. The molecule has 2 saturated heterocycles. The summed E-state index contributed by atoms with van der Waals surface area (Å²) in [4.78, 5) is 65.4. The SMILES string of the molecule is Cc1ccc(N2C(=O)NC(=O)/C(=C/[C@@H]3C(=O)NC(=S)N(c4ccccc4)C3=O)C2=O)cc1Cl. The lowest BCUT2D eigenvalue weighted by Gasteiger charge is -2.32. The Morgan fingerprint density at radius 1 is 0.939 bits per heavy atom. The van der Waals surface area contributed by atoms with Crippen molar-refractivity contribution in [3.8, 4) is 0 Å². The van der Waals surface area contributed by atoms with E-state index in [9.17, 15) is 24.0 Å². The zero-order chi connectivity index (χ0) is 23.9. The molecule has 2 aromatic carbocycles. The standard InChI is InChI=1S/C22H15ClN4O5S/c1-11-7-8-13(9-16(11)23)26-19(30)14(17(28)24-21(26)32)10-15-18(29)25-22(33)27(20(15)31)12-5-3-2-4-6-12/h2-10,15H,1H3,(H,24,28,32)(H,25,29,33)/b14-10-/t15-/m1/s1. The maximum absolute atomic E-state index is 13.1. The zero-order valence-electron chi connectivity index (χ0n) is 17.0. The van der Waals surface area contributed by atoms with Gasteiger partial charge in [-0.15, -0.1) is 0 Å². The topological polar surface area (TPSA) is 116 Å². The lowest BCUT2D eigenvalue weighted by molar-refractivity contribution is -0.131. The summed E-state index contributed by atoms with van der Waals surface area (Å²) in [6, 6.07) is 11.9. The van der Waals surface area contributed by atoms with Gasteiger partial charge in [0.15, 0.2) is 5.11 Å². The van der Waals surface area contributed by atoms with Gasteiger partial charge in [0.1, 0.15) is 11.5 Å². The molecular formula is C22H15ClN4O5S. The third-order valence-electron chi connectivity index (χ3n) is 5.07. The Labute approximate surface area is 198 Å². The molecule has 11 heteroatoms. The van der Waals surface area contributed by atoms with Crippen molar-refractivity contribution in [1.82, 2.24) is 10.6 Å². The molecule has 0 aromatic heterocycles. The molecule has 9 nitrogen and oxygen atoms in total. The number of anilines is 2. The van der Waals surface area contributed by atoms with Crippen molar-refractivity contribution in [3.05, 3.63) is 70.8 Å². The van der Waals surface area contributed by atoms with Crippen LogP contribution in [0.4, 0.5) is 16.2 Å². The fourth-order valence-electron chi connectivity index (χ4n) is 3.36. The number of aryl methyl sites for hydroxylation is 1. The van der Waals surface area contributed by atoms with Crippen molar-refractivity contribution >= 4 is 70.0 Å². The maximum atomic E-state index is 13.1. The van der Waals surface area contributed by atoms with Crippen molar-refractivity contribution < 1.29 is 24.0 Å². The molecule has 2 heterocycles. The van der Waals surface area contributed by atoms with Crippen molar-refractivity contribution in [2.45, 2.75) is 6.92 Å². The molecular weight excluding hydrogens is 468 g/mol. The summed E-state index contributed by atoms with van der Waals surface area (Å²) >= 11 is 11.2. The van der Waals surface area contributed by atoms with E-state index in [4.69, 9.17) is 23.8 Å². The number of carbonyl (C=O) groups is 5. The third kappa shape index (κ3) is 4.01. The second kappa shape index (κ2) is 8.57. The fraction of sp³-hybridized carbons (Fsp3) is 0.0909. The van der Waals surface area contributed by atoms with E-state index in [2.05, 4.69) is 5.32 Å². The minimum absolute atomic E-state index is 0.123. The number of rotatable bonds is 3. The normalized spacial score (nSPS) is 20.3. The van der Waals surface area contributed by atoms with Crippen LogP contribution < -0.4 is 20.4 Å². The van der Waals surface area contributed by atoms with Gasteiger partial charge < -0.3 is 5.32 Å². The number of halogens is 1. The number of amides is 6. The predicted molar refractivity (Wildman–Crippen MR) is 123 cm³/mol. The fourth-order valence-corrected chi connectivity index (χ4v) is 3.83. The van der Waals surface area contributed by atoms with Gasteiger partial charge in [0.2, 0.25) is 11.8 Å². The smallest absolute Gasteiger partial charge is 0.301 e. The molecule has 2 N–H and O–H groups in total. The summed E-state index contributed by atoms with van der Waals surface area (Å²) in [5, 5.41) is 4.63. The first-order valence-electron chi connectivity index (χ1n) is 9.60. The minimum Gasteiger partial charge on any atom is -0.301 e. The number of imide groups is 2. The lowest BCUT2D eigenvalue weighted by Crippen LogP contribution is -2.58. The quantitative estimate of drug-likeness (QED) is 0.300. The first kappa shape index (κ1) is 22.3. The molecule has 2 aliphatic rings. The average molecular weight is 483 g/mol. The van der Waals surface area contributed by atoms with E-state index in [0.29, 0.717) is 15.6 Å². The highest BCUT2D eigenvalue weighted by molar-refractivity contribution is 7.80. The highest BCUT2D eigenvalue weighted by Crippen LogP contribution is 2.27. The Kier molecular flexibility index (Phi) is 5.79. The lowest BCUT2D eigenvalue weighted by atomic mass is 9.98. The highest BCUT2D eigenvalue weighted by Gasteiger charge is 2.42. The predicted octanol–water partition coefficient (Wildman–Crippen LogP) is 2.22. The number of thiocarbonyl (C=S) groups is 1. The second-order valence-electron chi connectivity index (χ2n) is 7.19. The first-order valence-corrected chi connectivity index (χ1v) is 10.4. The van der Waals surface area contributed by atoms with Crippen LogP contribution in [0, 0.1) is 12.8 Å². The van der Waals surface area contributed by atoms with Crippen LogP contribution in [0.3, 0.4) is 0 Å². The van der Waals surface area contributed by atoms with Crippen molar-refractivity contribution in [2.75, 3.05) is 9.80 Å². The van der Waals surface area contributed by atoms with Crippen molar-refractivity contribution in [1.29, 1.82) is 0 Å². The molecule has 0 saturated carbocycles. The zero-order valence-corrected chi connectivity index (χ0v) is 18.6. The molecule has 0 bridgehead atoms. The van der Waals surface area contributed by atoms with Gasteiger partial charge in [0.05, 0.1) is 11.4 Å². The van der Waals surface area contributed by atoms with Crippen LogP contribution >= 0.6 is 23.8 Å². The summed E-state index contributed by atoms with van der Waals surface area (Å²) in [5.41, 5.74) is 0.707. The van der Waals surface area contributed by atoms with Gasteiger partial charge in [-0.2, -0.15) is 0 Å². The van der Waals surface area contributed by atoms with Gasteiger partial charge in [-0.3, -0.25) is 29.4 Å². The number of para-hydroxylation sites is 1. The van der Waals surface area contributed by atoms with Gasteiger partial charge in [-0.25, -0.2) is 9.69 Å². The van der Waals surface area contributed by atoms with E-state index in [1.54, 1.807) is 43.3 Å². The molecule has 1 atom stereocenters. The van der Waals surface area contributed by atoms with Gasteiger partial charge in [0, 0.05) is 5.02 Å². The number of barbiturate groups is 1. The summed E-state index contributed by atoms with van der Waals surface area (Å²) in [6.45, 7) is 1.75. The van der Waals surface area contributed by atoms with Gasteiger partial charge in [-0.05, 0) is 55.0 Å². The average Bonchev–Trinajstić information content (AvgIpc) is 2.76. The molecule has 0 spiro atoms. The number of urea groups is 1. The van der Waals surface area contributed by atoms with Crippen LogP contribution in [0.15, 0.2) is 60.2 Å². The molecule has 166 valence electrons. The summed E-state index contributed by atoms with van der Waals surface area (Å²) in [7, 11) is 0. The van der Waals surface area contributed by atoms with Crippen LogP contribution in [0.25, 0.3) is 0 Å².